The van der Waals surface area contributed by atoms with Crippen LogP contribution in [0.5, 0.6) is 5.75 Å². The van der Waals surface area contributed by atoms with Gasteiger partial charge in [-0.2, -0.15) is 0 Å². The van der Waals surface area contributed by atoms with Gasteiger partial charge in [-0.15, -0.1) is 0 Å². The van der Waals surface area contributed by atoms with E-state index in [0.717, 1.165) is 22.2 Å². The zero-order chi connectivity index (χ0) is 13.3. The Kier molecular flexibility index (Phi) is 3.19. The lowest BCUT2D eigenvalue weighted by atomic mass is 10.1. The lowest BCUT2D eigenvalue weighted by molar-refractivity contribution is -0.123. The van der Waals surface area contributed by atoms with Gasteiger partial charge in [0.2, 0.25) is 0 Å². The average molecular weight is 244 g/mol. The summed E-state index contributed by atoms with van der Waals surface area (Å²) in [6.07, 6.45) is -0.638. The molecule has 0 saturated heterocycles. The molecule has 18 heavy (non-hydrogen) atoms. The number of hydrogen-bond donors (Lipinski definition) is 1. The highest BCUT2D eigenvalue weighted by Gasteiger charge is 2.11. The van der Waals surface area contributed by atoms with Crippen molar-refractivity contribution >= 4 is 16.8 Å². The largest absolute Gasteiger partial charge is 0.481 e. The van der Waals surface area contributed by atoms with Crippen LogP contribution in [0.3, 0.4) is 0 Å². The molecule has 0 radical (unpaired) electrons. The van der Waals surface area contributed by atoms with Crippen LogP contribution in [0.2, 0.25) is 0 Å². The number of carbonyl (C=O) groups excluding carboxylic acids is 1. The average Bonchev–Trinajstić information content (AvgIpc) is 2.29. The van der Waals surface area contributed by atoms with Crippen LogP contribution in [0.15, 0.2) is 24.3 Å². The van der Waals surface area contributed by atoms with Gasteiger partial charge in [0.1, 0.15) is 5.75 Å². The summed E-state index contributed by atoms with van der Waals surface area (Å²) in [5.74, 6) is 0.149. The molecule has 0 aliphatic rings. The van der Waals surface area contributed by atoms with Crippen molar-refractivity contribution in [1.82, 2.24) is 4.98 Å². The first-order valence-electron chi connectivity index (χ1n) is 5.81. The Labute approximate surface area is 106 Å². The van der Waals surface area contributed by atoms with E-state index in [1.54, 1.807) is 13.0 Å². The van der Waals surface area contributed by atoms with E-state index in [1.807, 2.05) is 32.0 Å². The number of fused-ring (bicyclic) bond motifs is 1. The normalized spacial score (nSPS) is 12.4. The molecule has 1 aromatic heterocycles. The summed E-state index contributed by atoms with van der Waals surface area (Å²) < 4.78 is 5.47. The lowest BCUT2D eigenvalue weighted by Gasteiger charge is -2.12. The van der Waals surface area contributed by atoms with Crippen LogP contribution < -0.4 is 10.5 Å². The van der Waals surface area contributed by atoms with Gasteiger partial charge in [0.05, 0.1) is 5.52 Å². The third kappa shape index (κ3) is 2.42. The van der Waals surface area contributed by atoms with Gasteiger partial charge in [0.15, 0.2) is 6.10 Å². The molecule has 0 fully saturated rings. The molecule has 0 spiro atoms. The molecule has 0 aliphatic heterocycles. The highest BCUT2D eigenvalue weighted by molar-refractivity contribution is 5.84. The maximum absolute atomic E-state index is 11.0. The predicted octanol–water partition coefficient (Wildman–Crippen LogP) is 2.10. The number of ether oxygens (including phenoxy) is 1. The minimum absolute atomic E-state index is 0.478. The second kappa shape index (κ2) is 4.64. The number of amides is 1. The van der Waals surface area contributed by atoms with Crippen LogP contribution in [0.25, 0.3) is 10.9 Å². The molecule has 0 saturated carbocycles. The fourth-order valence-electron chi connectivity index (χ4n) is 1.88. The Bertz CT molecular complexity index is 608. The number of rotatable bonds is 3. The fraction of sp³-hybridized carbons (Fsp3) is 0.286. The van der Waals surface area contributed by atoms with E-state index >= 15 is 0 Å². The molecule has 0 aliphatic carbocycles. The van der Waals surface area contributed by atoms with Crippen LogP contribution in [0, 0.1) is 13.8 Å². The number of pyridine rings is 1. The summed E-state index contributed by atoms with van der Waals surface area (Å²) in [4.78, 5) is 15.4. The molecular formula is C14H16N2O2. The van der Waals surface area contributed by atoms with Crippen LogP contribution in [0.1, 0.15) is 18.2 Å². The van der Waals surface area contributed by atoms with E-state index in [4.69, 9.17) is 10.5 Å². The minimum Gasteiger partial charge on any atom is -0.481 e. The molecule has 2 N–H and O–H groups in total. The van der Waals surface area contributed by atoms with E-state index in [9.17, 15) is 4.79 Å². The summed E-state index contributed by atoms with van der Waals surface area (Å²) in [6.45, 7) is 5.62. The number of hydrogen-bond acceptors (Lipinski definition) is 3. The topological polar surface area (TPSA) is 65.2 Å². The van der Waals surface area contributed by atoms with E-state index in [2.05, 4.69) is 4.98 Å². The summed E-state index contributed by atoms with van der Waals surface area (Å²) in [5.41, 5.74) is 8.21. The highest BCUT2D eigenvalue weighted by Crippen LogP contribution is 2.23. The summed E-state index contributed by atoms with van der Waals surface area (Å²) in [6, 6.07) is 7.59. The minimum atomic E-state index is -0.638. The maximum Gasteiger partial charge on any atom is 0.258 e. The third-order valence-electron chi connectivity index (χ3n) is 2.83. The van der Waals surface area contributed by atoms with Crippen molar-refractivity contribution < 1.29 is 9.53 Å². The second-order valence-electron chi connectivity index (χ2n) is 4.42. The van der Waals surface area contributed by atoms with E-state index in [-0.39, 0.29) is 0 Å². The molecule has 2 rings (SSSR count). The number of nitrogens with zero attached hydrogens (tertiary/aromatic N) is 1. The first kappa shape index (κ1) is 12.4. The van der Waals surface area contributed by atoms with Crippen LogP contribution in [0.4, 0.5) is 0 Å². The Morgan fingerprint density at radius 3 is 2.72 bits per heavy atom. The van der Waals surface area contributed by atoms with Crippen molar-refractivity contribution in [2.24, 2.45) is 5.73 Å². The van der Waals surface area contributed by atoms with Gasteiger partial charge in [-0.25, -0.2) is 0 Å². The van der Waals surface area contributed by atoms with Crippen molar-refractivity contribution in [1.29, 1.82) is 0 Å². The van der Waals surface area contributed by atoms with Gasteiger partial charge in [0.25, 0.3) is 5.91 Å². The number of aryl methyl sites for hydroxylation is 2. The van der Waals surface area contributed by atoms with Crippen LogP contribution in [-0.2, 0) is 4.79 Å². The molecule has 1 atom stereocenters. The highest BCUT2D eigenvalue weighted by atomic mass is 16.5. The molecule has 1 heterocycles. The Morgan fingerprint density at radius 1 is 1.33 bits per heavy atom. The Hall–Kier alpha value is -2.10. The van der Waals surface area contributed by atoms with Crippen molar-refractivity contribution in [2.45, 2.75) is 26.9 Å². The molecule has 1 amide bonds. The molecular weight excluding hydrogens is 228 g/mol. The fourth-order valence-corrected chi connectivity index (χ4v) is 1.88. The smallest absolute Gasteiger partial charge is 0.258 e. The first-order valence-corrected chi connectivity index (χ1v) is 5.81. The molecule has 4 nitrogen and oxygen atoms in total. The van der Waals surface area contributed by atoms with Gasteiger partial charge in [0, 0.05) is 11.1 Å². The van der Waals surface area contributed by atoms with Gasteiger partial charge in [-0.1, -0.05) is 0 Å². The number of carbonyl (C=O) groups is 1. The number of benzene rings is 1. The van der Waals surface area contributed by atoms with Crippen molar-refractivity contribution in [3.8, 4) is 5.75 Å². The van der Waals surface area contributed by atoms with Crippen molar-refractivity contribution in [2.75, 3.05) is 0 Å². The second-order valence-corrected chi connectivity index (χ2v) is 4.42. The van der Waals surface area contributed by atoms with E-state index in [1.165, 1.54) is 0 Å². The molecule has 2 aromatic rings. The van der Waals surface area contributed by atoms with Crippen molar-refractivity contribution in [3.63, 3.8) is 0 Å². The zero-order valence-electron chi connectivity index (χ0n) is 10.7. The molecule has 4 heteroatoms. The van der Waals surface area contributed by atoms with Gasteiger partial charge in [-0.05, 0) is 50.6 Å². The summed E-state index contributed by atoms with van der Waals surface area (Å²) in [5, 5.41) is 1.02. The number of primary amides is 1. The summed E-state index contributed by atoms with van der Waals surface area (Å²) in [7, 11) is 0. The number of aromatic nitrogens is 1. The summed E-state index contributed by atoms with van der Waals surface area (Å²) >= 11 is 0. The standard InChI is InChI=1S/C14H16N2O2/c1-8-6-9(2)16-13-5-4-11(7-12(8)13)18-10(3)14(15)17/h4-7,10H,1-3H3,(H2,15,17). The van der Waals surface area contributed by atoms with Gasteiger partial charge in [-0.3, -0.25) is 9.78 Å². The van der Waals surface area contributed by atoms with Gasteiger partial charge >= 0.3 is 0 Å². The van der Waals surface area contributed by atoms with E-state index < -0.39 is 12.0 Å². The lowest BCUT2D eigenvalue weighted by Crippen LogP contribution is -2.30. The molecule has 1 unspecified atom stereocenters. The van der Waals surface area contributed by atoms with Crippen LogP contribution in [-0.4, -0.2) is 17.0 Å². The third-order valence-corrected chi connectivity index (χ3v) is 2.83. The quantitative estimate of drug-likeness (QED) is 0.899. The number of nitrogens with two attached hydrogens (primary N) is 1. The first-order chi connectivity index (χ1) is 8.47. The molecule has 1 aromatic carbocycles. The zero-order valence-corrected chi connectivity index (χ0v) is 10.7. The Morgan fingerprint density at radius 2 is 2.06 bits per heavy atom. The predicted molar refractivity (Wildman–Crippen MR) is 70.5 cm³/mol. The molecule has 94 valence electrons. The van der Waals surface area contributed by atoms with Crippen LogP contribution >= 0.6 is 0 Å². The van der Waals surface area contributed by atoms with Crippen molar-refractivity contribution in [3.05, 3.63) is 35.5 Å². The van der Waals surface area contributed by atoms with E-state index in [0.29, 0.717) is 5.75 Å². The van der Waals surface area contributed by atoms with Gasteiger partial charge < -0.3 is 10.5 Å². The molecule has 0 bridgehead atoms. The Balaban J connectivity index is 2.41. The monoisotopic (exact) mass is 244 g/mol. The SMILES string of the molecule is Cc1cc(C)c2cc(OC(C)C(N)=O)ccc2n1. The maximum atomic E-state index is 11.0.